The Hall–Kier alpha value is -1.88. The Labute approximate surface area is 128 Å². The van der Waals surface area contributed by atoms with Crippen LogP contribution in [0.15, 0.2) is 35.8 Å². The minimum Gasteiger partial charge on any atom is -0.370 e. The first-order chi connectivity index (χ1) is 10.3. The number of nitrogens with one attached hydrogen (secondary N) is 1. The van der Waals surface area contributed by atoms with Crippen LogP contribution in [0.3, 0.4) is 0 Å². The molecule has 1 fully saturated rings. The van der Waals surface area contributed by atoms with E-state index in [9.17, 15) is 4.79 Å². The zero-order chi connectivity index (χ0) is 14.7. The highest BCUT2D eigenvalue weighted by atomic mass is 32.1. The van der Waals surface area contributed by atoms with Crippen LogP contribution in [0.1, 0.15) is 35.0 Å². The molecular formula is C16H19N3OS. The summed E-state index contributed by atoms with van der Waals surface area (Å²) in [6, 6.07) is 8.16. The van der Waals surface area contributed by atoms with Crippen LogP contribution in [0.25, 0.3) is 0 Å². The van der Waals surface area contributed by atoms with Crippen molar-refractivity contribution in [2.45, 2.75) is 32.4 Å². The van der Waals surface area contributed by atoms with Gasteiger partial charge >= 0.3 is 0 Å². The molecule has 21 heavy (non-hydrogen) atoms. The summed E-state index contributed by atoms with van der Waals surface area (Å²) < 4.78 is 0. The fourth-order valence-corrected chi connectivity index (χ4v) is 3.03. The minimum atomic E-state index is 0.104. The van der Waals surface area contributed by atoms with Crippen molar-refractivity contribution >= 4 is 23.1 Å². The average molecular weight is 301 g/mol. The molecule has 110 valence electrons. The second-order valence-corrected chi connectivity index (χ2v) is 6.24. The zero-order valence-electron chi connectivity index (χ0n) is 12.1. The summed E-state index contributed by atoms with van der Waals surface area (Å²) >= 11 is 1.70. The monoisotopic (exact) mass is 301 g/mol. The lowest BCUT2D eigenvalue weighted by Crippen LogP contribution is -2.32. The molecule has 2 heterocycles. The van der Waals surface area contributed by atoms with E-state index in [0.717, 1.165) is 25.2 Å². The summed E-state index contributed by atoms with van der Waals surface area (Å²) in [4.78, 5) is 20.2. The molecule has 0 bridgehead atoms. The number of hydrogen-bond donors (Lipinski definition) is 1. The largest absolute Gasteiger partial charge is 0.370 e. The molecule has 0 atom stereocenters. The number of aromatic nitrogens is 1. The standard InChI is InChI=1S/C16H19N3OS/c1-2-17-15-10-12(7-8-18-15)16(20)19(13-5-6-13)11-14-4-3-9-21-14/h3-4,7-10,13H,2,5-6,11H2,1H3,(H,17,18). The van der Waals surface area contributed by atoms with Gasteiger partial charge < -0.3 is 10.2 Å². The van der Waals surface area contributed by atoms with Gasteiger partial charge in [-0.05, 0) is 43.3 Å². The van der Waals surface area contributed by atoms with Crippen LogP contribution in [-0.4, -0.2) is 28.4 Å². The Kier molecular flexibility index (Phi) is 4.20. The minimum absolute atomic E-state index is 0.104. The Balaban J connectivity index is 1.79. The van der Waals surface area contributed by atoms with Crippen LogP contribution in [0.5, 0.6) is 0 Å². The highest BCUT2D eigenvalue weighted by Crippen LogP contribution is 2.30. The van der Waals surface area contributed by atoms with Gasteiger partial charge in [-0.25, -0.2) is 4.98 Å². The Bertz CT molecular complexity index is 608. The van der Waals surface area contributed by atoms with Gasteiger partial charge in [-0.1, -0.05) is 6.07 Å². The molecule has 1 aliphatic rings. The number of carbonyl (C=O) groups is 1. The molecule has 3 rings (SSSR count). The van der Waals surface area contributed by atoms with Gasteiger partial charge in [-0.15, -0.1) is 11.3 Å². The van der Waals surface area contributed by atoms with Crippen LogP contribution in [-0.2, 0) is 6.54 Å². The van der Waals surface area contributed by atoms with Crippen molar-refractivity contribution in [3.05, 3.63) is 46.3 Å². The molecule has 5 heteroatoms. The smallest absolute Gasteiger partial charge is 0.254 e. The number of amides is 1. The van der Waals surface area contributed by atoms with E-state index in [1.54, 1.807) is 23.6 Å². The number of nitrogens with zero attached hydrogens (tertiary/aromatic N) is 2. The van der Waals surface area contributed by atoms with Crippen molar-refractivity contribution in [3.8, 4) is 0 Å². The molecule has 0 radical (unpaired) electrons. The molecule has 1 saturated carbocycles. The molecule has 0 aliphatic heterocycles. The highest BCUT2D eigenvalue weighted by Gasteiger charge is 2.33. The predicted molar refractivity (Wildman–Crippen MR) is 85.6 cm³/mol. The fourth-order valence-electron chi connectivity index (χ4n) is 2.33. The predicted octanol–water partition coefficient (Wildman–Crippen LogP) is 3.38. The third-order valence-corrected chi connectivity index (χ3v) is 4.38. The van der Waals surface area contributed by atoms with Gasteiger partial charge in [0.1, 0.15) is 5.82 Å². The van der Waals surface area contributed by atoms with Gasteiger partial charge in [0.15, 0.2) is 0 Å². The fraction of sp³-hybridized carbons (Fsp3) is 0.375. The second-order valence-electron chi connectivity index (χ2n) is 5.20. The van der Waals surface area contributed by atoms with Crippen LogP contribution in [0, 0.1) is 0 Å². The topological polar surface area (TPSA) is 45.2 Å². The van der Waals surface area contributed by atoms with Gasteiger partial charge in [0.2, 0.25) is 0 Å². The van der Waals surface area contributed by atoms with Crippen molar-refractivity contribution in [2.75, 3.05) is 11.9 Å². The number of pyridine rings is 1. The molecule has 0 aromatic carbocycles. The Morgan fingerprint density at radius 1 is 1.48 bits per heavy atom. The number of thiophene rings is 1. The summed E-state index contributed by atoms with van der Waals surface area (Å²) in [5.41, 5.74) is 0.712. The van der Waals surface area contributed by atoms with E-state index >= 15 is 0 Å². The molecular weight excluding hydrogens is 282 g/mol. The van der Waals surface area contributed by atoms with E-state index in [2.05, 4.69) is 21.7 Å². The molecule has 0 unspecified atom stereocenters. The maximum atomic E-state index is 12.8. The van der Waals surface area contributed by atoms with Crippen LogP contribution in [0.4, 0.5) is 5.82 Å². The molecule has 4 nitrogen and oxygen atoms in total. The molecule has 2 aromatic heterocycles. The third-order valence-electron chi connectivity index (χ3n) is 3.52. The van der Waals surface area contributed by atoms with Crippen molar-refractivity contribution in [2.24, 2.45) is 0 Å². The van der Waals surface area contributed by atoms with E-state index < -0.39 is 0 Å². The number of rotatable bonds is 6. The lowest BCUT2D eigenvalue weighted by atomic mass is 10.2. The van der Waals surface area contributed by atoms with Crippen molar-refractivity contribution in [1.82, 2.24) is 9.88 Å². The lowest BCUT2D eigenvalue weighted by Gasteiger charge is -2.22. The van der Waals surface area contributed by atoms with E-state index in [4.69, 9.17) is 0 Å². The number of hydrogen-bond acceptors (Lipinski definition) is 4. The van der Waals surface area contributed by atoms with E-state index in [0.29, 0.717) is 18.2 Å². The molecule has 2 aromatic rings. The summed E-state index contributed by atoms with van der Waals surface area (Å²) in [5.74, 6) is 0.864. The highest BCUT2D eigenvalue weighted by molar-refractivity contribution is 7.09. The number of carbonyl (C=O) groups excluding carboxylic acids is 1. The summed E-state index contributed by atoms with van der Waals surface area (Å²) in [6.07, 6.45) is 3.92. The molecule has 0 saturated heterocycles. The van der Waals surface area contributed by atoms with Gasteiger partial charge in [0.05, 0.1) is 6.54 Å². The van der Waals surface area contributed by atoms with Crippen molar-refractivity contribution in [1.29, 1.82) is 0 Å². The first kappa shape index (κ1) is 14.1. The summed E-state index contributed by atoms with van der Waals surface area (Å²) in [7, 11) is 0. The second kappa shape index (κ2) is 6.26. The molecule has 1 aliphatic carbocycles. The molecule has 1 N–H and O–H groups in total. The maximum Gasteiger partial charge on any atom is 0.254 e. The molecule has 1 amide bonds. The van der Waals surface area contributed by atoms with E-state index in [1.165, 1.54) is 4.88 Å². The van der Waals surface area contributed by atoms with Crippen LogP contribution >= 0.6 is 11.3 Å². The van der Waals surface area contributed by atoms with Crippen LogP contribution in [0.2, 0.25) is 0 Å². The van der Waals surface area contributed by atoms with Crippen molar-refractivity contribution < 1.29 is 4.79 Å². The van der Waals surface area contributed by atoms with Gasteiger partial charge in [0.25, 0.3) is 5.91 Å². The summed E-state index contributed by atoms with van der Waals surface area (Å²) in [5, 5.41) is 5.21. The Morgan fingerprint density at radius 2 is 2.33 bits per heavy atom. The van der Waals surface area contributed by atoms with Crippen LogP contribution < -0.4 is 5.32 Å². The molecule has 0 spiro atoms. The van der Waals surface area contributed by atoms with E-state index in [-0.39, 0.29) is 5.91 Å². The zero-order valence-corrected chi connectivity index (χ0v) is 12.9. The maximum absolute atomic E-state index is 12.8. The number of anilines is 1. The van der Waals surface area contributed by atoms with Crippen molar-refractivity contribution in [3.63, 3.8) is 0 Å². The van der Waals surface area contributed by atoms with E-state index in [1.807, 2.05) is 24.0 Å². The third kappa shape index (κ3) is 3.42. The lowest BCUT2D eigenvalue weighted by molar-refractivity contribution is 0.0731. The normalized spacial score (nSPS) is 14.0. The quantitative estimate of drug-likeness (QED) is 0.889. The summed E-state index contributed by atoms with van der Waals surface area (Å²) in [6.45, 7) is 3.52. The first-order valence-corrected chi connectivity index (χ1v) is 8.19. The van der Waals surface area contributed by atoms with Gasteiger partial charge in [-0.3, -0.25) is 4.79 Å². The average Bonchev–Trinajstić information content (AvgIpc) is 3.21. The van der Waals surface area contributed by atoms with Gasteiger partial charge in [0, 0.05) is 29.2 Å². The first-order valence-electron chi connectivity index (χ1n) is 7.31. The Morgan fingerprint density at radius 3 is 3.00 bits per heavy atom. The SMILES string of the molecule is CCNc1cc(C(=O)N(Cc2cccs2)C2CC2)ccn1. The van der Waals surface area contributed by atoms with Gasteiger partial charge in [-0.2, -0.15) is 0 Å².